The predicted molar refractivity (Wildman–Crippen MR) is 90.1 cm³/mol. The Balaban J connectivity index is 0. The smallest absolute Gasteiger partial charge is 0.331 e. The van der Waals surface area contributed by atoms with Crippen molar-refractivity contribution in [3.8, 4) is 0 Å². The van der Waals surface area contributed by atoms with E-state index < -0.39 is 29.3 Å². The van der Waals surface area contributed by atoms with Crippen LogP contribution in [0, 0.1) is 5.41 Å². The zero-order valence-electron chi connectivity index (χ0n) is 14.3. The third-order valence-electron chi connectivity index (χ3n) is 2.81. The zero-order chi connectivity index (χ0) is 20.4. The van der Waals surface area contributed by atoms with Gasteiger partial charge in [-0.15, -0.1) is 0 Å². The number of carbonyl (C=O) groups is 4. The maximum absolute atomic E-state index is 10.8. The number of rotatable bonds is 4. The first-order chi connectivity index (χ1) is 11.2. The summed E-state index contributed by atoms with van der Waals surface area (Å²) in [5, 5.41) is 33.3. The molecule has 0 aromatic rings. The normalized spacial score (nSPS) is 17.5. The molecule has 0 heterocycles. The summed E-state index contributed by atoms with van der Waals surface area (Å²) >= 11 is 0. The van der Waals surface area contributed by atoms with Crippen molar-refractivity contribution in [3.63, 3.8) is 0 Å². The molecule has 0 aromatic heterocycles. The van der Waals surface area contributed by atoms with Crippen LogP contribution in [0.1, 0.15) is 27.2 Å². The van der Waals surface area contributed by atoms with Gasteiger partial charge in [-0.05, 0) is 27.2 Å². The van der Waals surface area contributed by atoms with Gasteiger partial charge < -0.3 is 20.4 Å². The van der Waals surface area contributed by atoms with E-state index >= 15 is 0 Å². The maximum Gasteiger partial charge on any atom is 0.331 e. The van der Waals surface area contributed by atoms with Crippen LogP contribution in [-0.4, -0.2) is 44.3 Å². The third kappa shape index (κ3) is 10.3. The van der Waals surface area contributed by atoms with Gasteiger partial charge in [-0.25, -0.2) is 14.4 Å². The van der Waals surface area contributed by atoms with Crippen molar-refractivity contribution >= 4 is 23.9 Å². The molecular formula is C17H22O8. The van der Waals surface area contributed by atoms with Gasteiger partial charge in [0.05, 0.1) is 5.41 Å². The molecule has 0 amide bonds. The van der Waals surface area contributed by atoms with Gasteiger partial charge in [-0.2, -0.15) is 0 Å². The van der Waals surface area contributed by atoms with Gasteiger partial charge in [0.25, 0.3) is 0 Å². The number of aliphatic carboxylic acids is 4. The lowest BCUT2D eigenvalue weighted by Gasteiger charge is -2.23. The quantitative estimate of drug-likeness (QED) is 0.562. The predicted octanol–water partition coefficient (Wildman–Crippen LogP) is 2.34. The van der Waals surface area contributed by atoms with Crippen molar-refractivity contribution < 1.29 is 39.6 Å². The molecule has 4 N–H and O–H groups in total. The Hall–Kier alpha value is -3.16. The Morgan fingerprint density at radius 1 is 0.960 bits per heavy atom. The topological polar surface area (TPSA) is 149 Å². The summed E-state index contributed by atoms with van der Waals surface area (Å²) < 4.78 is 0. The first-order valence-corrected chi connectivity index (χ1v) is 6.87. The van der Waals surface area contributed by atoms with Gasteiger partial charge in [0.15, 0.2) is 0 Å². The Bertz CT molecular complexity index is 591. The highest BCUT2D eigenvalue weighted by Crippen LogP contribution is 2.31. The molecule has 8 heteroatoms. The second-order valence-corrected chi connectivity index (χ2v) is 5.43. The Morgan fingerprint density at radius 3 is 1.56 bits per heavy atom. The molecule has 0 saturated carbocycles. The fourth-order valence-corrected chi connectivity index (χ4v) is 1.18. The molecule has 0 spiro atoms. The highest BCUT2D eigenvalue weighted by atomic mass is 16.4. The molecule has 0 bridgehead atoms. The average Bonchev–Trinajstić information content (AvgIpc) is 2.48. The first-order valence-electron chi connectivity index (χ1n) is 6.87. The molecular weight excluding hydrogens is 332 g/mol. The third-order valence-corrected chi connectivity index (χ3v) is 2.81. The van der Waals surface area contributed by atoms with Gasteiger partial charge >= 0.3 is 23.9 Å². The molecule has 1 rings (SSSR count). The minimum absolute atomic E-state index is 0.0359. The van der Waals surface area contributed by atoms with Crippen LogP contribution in [0.2, 0.25) is 0 Å². The second-order valence-electron chi connectivity index (χ2n) is 5.43. The molecule has 1 atom stereocenters. The number of allylic oxidation sites excluding steroid dienone is 2. The van der Waals surface area contributed by atoms with Crippen LogP contribution < -0.4 is 0 Å². The minimum atomic E-state index is -1.08. The lowest BCUT2D eigenvalue weighted by Crippen LogP contribution is -2.28. The van der Waals surface area contributed by atoms with Crippen LogP contribution in [0.25, 0.3) is 0 Å². The Labute approximate surface area is 145 Å². The van der Waals surface area contributed by atoms with E-state index in [1.54, 1.807) is 0 Å². The largest absolute Gasteiger partial charge is 0.481 e. The summed E-state index contributed by atoms with van der Waals surface area (Å²) in [6.07, 6.45) is 4.43. The average molecular weight is 354 g/mol. The van der Waals surface area contributed by atoms with Crippen LogP contribution in [0.3, 0.4) is 0 Å². The molecule has 0 radical (unpaired) electrons. The van der Waals surface area contributed by atoms with Crippen LogP contribution >= 0.6 is 0 Å². The molecule has 1 unspecified atom stereocenters. The fraction of sp³-hybridized carbons (Fsp3) is 0.294. The highest BCUT2D eigenvalue weighted by molar-refractivity contribution is 5.90. The number of carboxylic acids is 4. The van der Waals surface area contributed by atoms with E-state index in [4.69, 9.17) is 20.4 Å². The molecule has 25 heavy (non-hydrogen) atoms. The molecule has 1 aliphatic carbocycles. The van der Waals surface area contributed by atoms with Crippen LogP contribution in [0.5, 0.6) is 0 Å². The maximum atomic E-state index is 10.8. The summed E-state index contributed by atoms with van der Waals surface area (Å²) in [4.78, 5) is 40.5. The van der Waals surface area contributed by atoms with Gasteiger partial charge in [-0.1, -0.05) is 31.4 Å². The summed E-state index contributed by atoms with van der Waals surface area (Å²) in [7, 11) is 0. The summed E-state index contributed by atoms with van der Waals surface area (Å²) in [6, 6.07) is 0. The van der Waals surface area contributed by atoms with E-state index in [0.29, 0.717) is 0 Å². The summed E-state index contributed by atoms with van der Waals surface area (Å²) in [5.41, 5.74) is -0.597. The minimum Gasteiger partial charge on any atom is -0.481 e. The van der Waals surface area contributed by atoms with Gasteiger partial charge in [0.1, 0.15) is 0 Å². The van der Waals surface area contributed by atoms with Crippen molar-refractivity contribution in [1.29, 1.82) is 0 Å². The fourth-order valence-electron chi connectivity index (χ4n) is 1.18. The number of hydrogen-bond donors (Lipinski definition) is 4. The summed E-state index contributed by atoms with van der Waals surface area (Å²) in [5.74, 6) is -3.93. The van der Waals surface area contributed by atoms with E-state index in [0.717, 1.165) is 0 Å². The first kappa shape index (κ1) is 24.1. The van der Waals surface area contributed by atoms with Crippen LogP contribution in [0.15, 0.2) is 48.1 Å². The molecule has 0 aliphatic heterocycles. The van der Waals surface area contributed by atoms with Crippen LogP contribution in [-0.2, 0) is 19.2 Å². The SMILES string of the molecule is C=C(C)C(=O)O.C=C(C)C(=O)O.CC1(C(=O)O)C=CC=C(C(=O)O)C1. The van der Waals surface area contributed by atoms with Crippen molar-refractivity contribution in [3.05, 3.63) is 48.1 Å². The molecule has 1 aliphatic rings. The lowest BCUT2D eigenvalue weighted by molar-refractivity contribution is -0.145. The second kappa shape index (κ2) is 10.6. The Kier molecular flexibility index (Phi) is 10.2. The van der Waals surface area contributed by atoms with Crippen molar-refractivity contribution in [2.24, 2.45) is 5.41 Å². The monoisotopic (exact) mass is 354 g/mol. The van der Waals surface area contributed by atoms with E-state index in [1.165, 1.54) is 39.0 Å². The van der Waals surface area contributed by atoms with E-state index in [-0.39, 0.29) is 23.1 Å². The van der Waals surface area contributed by atoms with Crippen molar-refractivity contribution in [1.82, 2.24) is 0 Å². The van der Waals surface area contributed by atoms with Gasteiger partial charge in [-0.3, -0.25) is 4.79 Å². The molecule has 0 aromatic carbocycles. The molecule has 0 saturated heterocycles. The van der Waals surface area contributed by atoms with Gasteiger partial charge in [0.2, 0.25) is 0 Å². The van der Waals surface area contributed by atoms with E-state index in [9.17, 15) is 19.2 Å². The van der Waals surface area contributed by atoms with Crippen molar-refractivity contribution in [2.45, 2.75) is 27.2 Å². The van der Waals surface area contributed by atoms with E-state index in [1.807, 2.05) is 0 Å². The van der Waals surface area contributed by atoms with Gasteiger partial charge in [0, 0.05) is 16.7 Å². The van der Waals surface area contributed by atoms with Crippen LogP contribution in [0.4, 0.5) is 0 Å². The Morgan fingerprint density at radius 2 is 1.32 bits per heavy atom. The van der Waals surface area contributed by atoms with E-state index in [2.05, 4.69) is 13.2 Å². The molecule has 0 fully saturated rings. The van der Waals surface area contributed by atoms with Crippen molar-refractivity contribution in [2.75, 3.05) is 0 Å². The molecule has 138 valence electrons. The summed E-state index contributed by atoms with van der Waals surface area (Å²) in [6.45, 7) is 10.7. The zero-order valence-corrected chi connectivity index (χ0v) is 14.3. The number of hydrogen-bond acceptors (Lipinski definition) is 4. The molecule has 8 nitrogen and oxygen atoms in total. The highest BCUT2D eigenvalue weighted by Gasteiger charge is 2.34. The lowest BCUT2D eigenvalue weighted by atomic mass is 9.80. The standard InChI is InChI=1S/C9H10O4.2C4H6O2/c1-9(8(12)13)4-2-3-6(5-9)7(10)11;2*1-3(2)4(5)6/h2-4H,5H2,1H3,(H,10,11)(H,12,13);2*1H2,2H3,(H,5,6). The number of carboxylic acid groups (broad SMARTS) is 4.